The Labute approximate surface area is 141 Å². The van der Waals surface area contributed by atoms with Crippen molar-refractivity contribution in [1.82, 2.24) is 0 Å². The molecule has 1 atom stereocenters. The van der Waals surface area contributed by atoms with Crippen LogP contribution in [-0.2, 0) is 4.74 Å². The van der Waals surface area contributed by atoms with Gasteiger partial charge in [-0.05, 0) is 34.9 Å². The van der Waals surface area contributed by atoms with Crippen LogP contribution >= 0.6 is 23.2 Å². The highest BCUT2D eigenvalue weighted by Gasteiger charge is 2.06. The van der Waals surface area contributed by atoms with Gasteiger partial charge in [-0.15, -0.1) is 11.6 Å². The summed E-state index contributed by atoms with van der Waals surface area (Å²) in [6.45, 7) is 0.620. The van der Waals surface area contributed by atoms with E-state index < -0.39 is 6.10 Å². The molecule has 0 fully saturated rings. The number of benzene rings is 2. The minimum Gasteiger partial charge on any atom is -0.389 e. The normalized spacial score (nSPS) is 13.1. The molecule has 0 radical (unpaired) electrons. The summed E-state index contributed by atoms with van der Waals surface area (Å²) in [5, 5.41) is 10.2. The van der Waals surface area contributed by atoms with Gasteiger partial charge >= 0.3 is 0 Å². The fourth-order valence-electron chi connectivity index (χ4n) is 1.97. The Morgan fingerprint density at radius 3 is 2.41 bits per heavy atom. The topological polar surface area (TPSA) is 29.5 Å². The third-order valence-corrected chi connectivity index (χ3v) is 3.71. The van der Waals surface area contributed by atoms with E-state index in [1.807, 2.05) is 54.6 Å². The van der Waals surface area contributed by atoms with E-state index in [1.165, 1.54) is 0 Å². The molecule has 22 heavy (non-hydrogen) atoms. The van der Waals surface area contributed by atoms with Gasteiger partial charge in [0, 0.05) is 5.02 Å². The smallest absolute Gasteiger partial charge is 0.0908 e. The first kappa shape index (κ1) is 17.0. The van der Waals surface area contributed by atoms with E-state index in [-0.39, 0.29) is 12.5 Å². The van der Waals surface area contributed by atoms with E-state index in [4.69, 9.17) is 27.9 Å². The van der Waals surface area contributed by atoms with Crippen molar-refractivity contribution in [2.45, 2.75) is 6.10 Å². The number of alkyl halides is 1. The molecule has 0 bridgehead atoms. The van der Waals surface area contributed by atoms with Crippen molar-refractivity contribution in [3.8, 4) is 0 Å². The summed E-state index contributed by atoms with van der Waals surface area (Å²) in [5.74, 6) is 0.168. The van der Waals surface area contributed by atoms with Crippen molar-refractivity contribution in [1.29, 1.82) is 0 Å². The number of hydrogen-bond donors (Lipinski definition) is 1. The molecule has 0 aromatic heterocycles. The molecule has 0 heterocycles. The fraction of sp³-hybridized carbons (Fsp3) is 0.222. The van der Waals surface area contributed by atoms with E-state index in [2.05, 4.69) is 6.08 Å². The number of hydrogen-bond acceptors (Lipinski definition) is 2. The molecule has 0 aliphatic heterocycles. The molecule has 2 aromatic carbocycles. The van der Waals surface area contributed by atoms with Crippen LogP contribution in [0.1, 0.15) is 11.1 Å². The zero-order valence-corrected chi connectivity index (χ0v) is 13.6. The highest BCUT2D eigenvalue weighted by molar-refractivity contribution is 6.30. The van der Waals surface area contributed by atoms with Gasteiger partial charge in [-0.25, -0.2) is 0 Å². The van der Waals surface area contributed by atoms with E-state index in [9.17, 15) is 5.11 Å². The SMILES string of the molecule is OC(CCl)COC/C(=C/c1ccc(Cl)cc1)c1ccccc1. The molecule has 1 N–H and O–H groups in total. The zero-order chi connectivity index (χ0) is 15.8. The molecule has 2 rings (SSSR count). The second kappa shape index (κ2) is 8.96. The molecule has 4 heteroatoms. The maximum absolute atomic E-state index is 9.47. The van der Waals surface area contributed by atoms with Gasteiger partial charge in [0.15, 0.2) is 0 Å². The lowest BCUT2D eigenvalue weighted by molar-refractivity contribution is 0.0642. The van der Waals surface area contributed by atoms with Crippen LogP contribution in [0, 0.1) is 0 Å². The predicted octanol–water partition coefficient (Wildman–Crippen LogP) is 4.50. The fourth-order valence-corrected chi connectivity index (χ4v) is 2.19. The van der Waals surface area contributed by atoms with Crippen LogP contribution in [0.5, 0.6) is 0 Å². The summed E-state index contributed by atoms with van der Waals surface area (Å²) in [5.41, 5.74) is 3.16. The Kier molecular flexibility index (Phi) is 6.94. The highest BCUT2D eigenvalue weighted by atomic mass is 35.5. The minimum atomic E-state index is -0.644. The van der Waals surface area contributed by atoms with Crippen molar-refractivity contribution in [2.24, 2.45) is 0 Å². The average molecular weight is 337 g/mol. The van der Waals surface area contributed by atoms with Gasteiger partial charge in [-0.2, -0.15) is 0 Å². The molecule has 0 saturated heterocycles. The lowest BCUT2D eigenvalue weighted by Crippen LogP contribution is -2.17. The molecule has 116 valence electrons. The number of halogens is 2. The van der Waals surface area contributed by atoms with Gasteiger partial charge in [0.25, 0.3) is 0 Å². The Morgan fingerprint density at radius 2 is 1.77 bits per heavy atom. The van der Waals surface area contributed by atoms with Crippen molar-refractivity contribution >= 4 is 34.9 Å². The van der Waals surface area contributed by atoms with Crippen LogP contribution in [-0.4, -0.2) is 30.3 Å². The third kappa shape index (κ3) is 5.47. The first-order valence-corrected chi connectivity index (χ1v) is 7.93. The Hall–Kier alpha value is -1.32. The molecule has 2 nitrogen and oxygen atoms in total. The standard InChI is InChI=1S/C18H18Cl2O2/c19-11-18(21)13-22-12-16(15-4-2-1-3-5-15)10-14-6-8-17(20)9-7-14/h1-10,18,21H,11-13H2/b16-10-. The molecule has 1 unspecified atom stereocenters. The van der Waals surface area contributed by atoms with Gasteiger partial charge in [-0.1, -0.05) is 54.1 Å². The summed E-state index contributed by atoms with van der Waals surface area (Å²) < 4.78 is 5.57. The van der Waals surface area contributed by atoms with Crippen LogP contribution < -0.4 is 0 Å². The Balaban J connectivity index is 2.16. The van der Waals surface area contributed by atoms with Crippen LogP contribution in [0.25, 0.3) is 11.6 Å². The molecule has 0 amide bonds. The number of aliphatic hydroxyl groups is 1. The van der Waals surface area contributed by atoms with Gasteiger partial charge in [0.05, 0.1) is 25.2 Å². The minimum absolute atomic E-state index is 0.168. The molecular weight excluding hydrogens is 319 g/mol. The molecule has 0 aliphatic carbocycles. The van der Waals surface area contributed by atoms with E-state index >= 15 is 0 Å². The number of aliphatic hydroxyl groups excluding tert-OH is 1. The van der Waals surface area contributed by atoms with Crippen molar-refractivity contribution in [3.05, 3.63) is 70.7 Å². The van der Waals surface area contributed by atoms with Crippen LogP contribution in [0.2, 0.25) is 5.02 Å². The Bertz CT molecular complexity index is 594. The molecule has 0 aliphatic rings. The van der Waals surface area contributed by atoms with Crippen LogP contribution in [0.3, 0.4) is 0 Å². The van der Waals surface area contributed by atoms with E-state index in [0.717, 1.165) is 16.7 Å². The second-order valence-electron chi connectivity index (χ2n) is 4.91. The maximum atomic E-state index is 9.47. The summed E-state index contributed by atoms with van der Waals surface area (Å²) in [4.78, 5) is 0. The average Bonchev–Trinajstić information content (AvgIpc) is 2.56. The summed E-state index contributed by atoms with van der Waals surface area (Å²) >= 11 is 11.5. The lowest BCUT2D eigenvalue weighted by Gasteiger charge is -2.12. The monoisotopic (exact) mass is 336 g/mol. The number of ether oxygens (including phenoxy) is 1. The van der Waals surface area contributed by atoms with Crippen molar-refractivity contribution < 1.29 is 9.84 Å². The molecular formula is C18H18Cl2O2. The first-order chi connectivity index (χ1) is 10.7. The highest BCUT2D eigenvalue weighted by Crippen LogP contribution is 2.20. The zero-order valence-electron chi connectivity index (χ0n) is 12.1. The van der Waals surface area contributed by atoms with Crippen LogP contribution in [0.4, 0.5) is 0 Å². The third-order valence-electron chi connectivity index (χ3n) is 3.10. The number of rotatable bonds is 7. The largest absolute Gasteiger partial charge is 0.389 e. The maximum Gasteiger partial charge on any atom is 0.0908 e. The van der Waals surface area contributed by atoms with Crippen molar-refractivity contribution in [2.75, 3.05) is 19.1 Å². The van der Waals surface area contributed by atoms with Gasteiger partial charge in [0.1, 0.15) is 0 Å². The second-order valence-corrected chi connectivity index (χ2v) is 5.66. The molecule has 0 spiro atoms. The van der Waals surface area contributed by atoms with Crippen LogP contribution in [0.15, 0.2) is 54.6 Å². The Morgan fingerprint density at radius 1 is 1.09 bits per heavy atom. The molecule has 2 aromatic rings. The summed E-state index contributed by atoms with van der Waals surface area (Å²) in [6.07, 6.45) is 1.41. The summed E-state index contributed by atoms with van der Waals surface area (Å²) in [7, 11) is 0. The van der Waals surface area contributed by atoms with Gasteiger partial charge in [-0.3, -0.25) is 0 Å². The lowest BCUT2D eigenvalue weighted by atomic mass is 10.0. The van der Waals surface area contributed by atoms with Gasteiger partial charge in [0.2, 0.25) is 0 Å². The quantitative estimate of drug-likeness (QED) is 0.596. The summed E-state index contributed by atoms with van der Waals surface area (Å²) in [6, 6.07) is 17.6. The molecule has 0 saturated carbocycles. The van der Waals surface area contributed by atoms with Crippen molar-refractivity contribution in [3.63, 3.8) is 0 Å². The predicted molar refractivity (Wildman–Crippen MR) is 93.3 cm³/mol. The first-order valence-electron chi connectivity index (χ1n) is 7.02. The van der Waals surface area contributed by atoms with Gasteiger partial charge < -0.3 is 9.84 Å². The van der Waals surface area contributed by atoms with E-state index in [0.29, 0.717) is 11.6 Å². The van der Waals surface area contributed by atoms with E-state index in [1.54, 1.807) is 0 Å².